The van der Waals surface area contributed by atoms with Gasteiger partial charge in [0.15, 0.2) is 0 Å². The minimum absolute atomic E-state index is 0.112. The van der Waals surface area contributed by atoms with Crippen LogP contribution in [0.25, 0.3) is 0 Å². The van der Waals surface area contributed by atoms with Crippen LogP contribution in [0.2, 0.25) is 0 Å². The Morgan fingerprint density at radius 3 is 2.59 bits per heavy atom. The van der Waals surface area contributed by atoms with E-state index in [2.05, 4.69) is 18.8 Å². The summed E-state index contributed by atoms with van der Waals surface area (Å²) in [6.45, 7) is 8.14. The maximum absolute atomic E-state index is 12.4. The van der Waals surface area contributed by atoms with E-state index in [-0.39, 0.29) is 5.91 Å². The number of para-hydroxylation sites is 1. The van der Waals surface area contributed by atoms with Crippen molar-refractivity contribution < 1.29 is 9.53 Å². The Bertz CT molecular complexity index is 660. The van der Waals surface area contributed by atoms with Crippen LogP contribution in [0.3, 0.4) is 0 Å². The van der Waals surface area contributed by atoms with Gasteiger partial charge in [0.05, 0.1) is 0 Å². The number of benzene rings is 2. The number of carbonyl (C=O) groups is 1. The zero-order valence-corrected chi connectivity index (χ0v) is 13.1. The highest BCUT2D eigenvalue weighted by Crippen LogP contribution is 2.22. The molecule has 2 rings (SSSR count). The molecule has 2 aromatic rings. The molecule has 1 amide bonds. The molecule has 114 valence electrons. The third-order valence-electron chi connectivity index (χ3n) is 3.46. The van der Waals surface area contributed by atoms with Gasteiger partial charge in [0, 0.05) is 11.3 Å². The van der Waals surface area contributed by atoms with Crippen LogP contribution in [0.4, 0.5) is 5.69 Å². The first-order chi connectivity index (χ1) is 10.7. The SMILES string of the molecule is C=CCOc1ccc(C(=O)Nc2c(C)cccc2CC)cc1. The van der Waals surface area contributed by atoms with Crippen molar-refractivity contribution in [2.24, 2.45) is 0 Å². The lowest BCUT2D eigenvalue weighted by atomic mass is 10.1. The standard InChI is InChI=1S/C19H21NO2/c1-4-13-22-17-11-9-16(10-12-17)19(21)20-18-14(3)7-6-8-15(18)5-2/h4,6-12H,1,5,13H2,2-3H3,(H,20,21). The smallest absolute Gasteiger partial charge is 0.255 e. The van der Waals surface area contributed by atoms with Gasteiger partial charge in [-0.3, -0.25) is 4.79 Å². The molecule has 0 heterocycles. The predicted octanol–water partition coefficient (Wildman–Crippen LogP) is 4.37. The van der Waals surface area contributed by atoms with Crippen LogP contribution < -0.4 is 10.1 Å². The average Bonchev–Trinajstić information content (AvgIpc) is 2.55. The first kappa shape index (κ1) is 15.8. The fourth-order valence-corrected chi connectivity index (χ4v) is 2.25. The second-order valence-electron chi connectivity index (χ2n) is 5.04. The van der Waals surface area contributed by atoms with Crippen LogP contribution in [0.5, 0.6) is 5.75 Å². The largest absolute Gasteiger partial charge is 0.490 e. The molecule has 0 radical (unpaired) electrons. The molecular formula is C19H21NO2. The van der Waals surface area contributed by atoms with Crippen molar-refractivity contribution >= 4 is 11.6 Å². The maximum Gasteiger partial charge on any atom is 0.255 e. The van der Waals surface area contributed by atoms with Crippen LogP contribution >= 0.6 is 0 Å². The first-order valence-corrected chi connectivity index (χ1v) is 7.39. The van der Waals surface area contributed by atoms with Crippen molar-refractivity contribution in [2.75, 3.05) is 11.9 Å². The minimum atomic E-state index is -0.112. The molecule has 0 saturated heterocycles. The van der Waals surface area contributed by atoms with E-state index in [1.807, 2.05) is 25.1 Å². The topological polar surface area (TPSA) is 38.3 Å². The molecule has 0 unspecified atom stereocenters. The Labute approximate surface area is 131 Å². The van der Waals surface area contributed by atoms with E-state index in [1.165, 1.54) is 0 Å². The van der Waals surface area contributed by atoms with Crippen molar-refractivity contribution in [3.63, 3.8) is 0 Å². The summed E-state index contributed by atoms with van der Waals surface area (Å²) in [6, 6.07) is 13.1. The van der Waals surface area contributed by atoms with Crippen molar-refractivity contribution in [3.05, 3.63) is 71.8 Å². The Balaban J connectivity index is 2.14. The fourth-order valence-electron chi connectivity index (χ4n) is 2.25. The predicted molar refractivity (Wildman–Crippen MR) is 90.6 cm³/mol. The molecule has 0 aliphatic heterocycles. The summed E-state index contributed by atoms with van der Waals surface area (Å²) in [5.41, 5.74) is 3.72. The van der Waals surface area contributed by atoms with E-state index in [0.29, 0.717) is 12.2 Å². The lowest BCUT2D eigenvalue weighted by molar-refractivity contribution is 0.102. The highest BCUT2D eigenvalue weighted by atomic mass is 16.5. The van der Waals surface area contributed by atoms with Gasteiger partial charge in [-0.15, -0.1) is 0 Å². The molecule has 0 aliphatic carbocycles. The van der Waals surface area contributed by atoms with Crippen LogP contribution in [0.1, 0.15) is 28.4 Å². The average molecular weight is 295 g/mol. The molecule has 22 heavy (non-hydrogen) atoms. The van der Waals surface area contributed by atoms with Gasteiger partial charge in [0.2, 0.25) is 0 Å². The molecule has 0 aromatic heterocycles. The zero-order valence-electron chi connectivity index (χ0n) is 13.1. The maximum atomic E-state index is 12.4. The Morgan fingerprint density at radius 1 is 1.23 bits per heavy atom. The van der Waals surface area contributed by atoms with Crippen molar-refractivity contribution in [1.29, 1.82) is 0 Å². The summed E-state index contributed by atoms with van der Waals surface area (Å²) in [4.78, 5) is 12.4. The molecule has 0 aliphatic rings. The van der Waals surface area contributed by atoms with Gasteiger partial charge in [-0.1, -0.05) is 37.8 Å². The molecular weight excluding hydrogens is 274 g/mol. The summed E-state index contributed by atoms with van der Waals surface area (Å²) in [6.07, 6.45) is 2.57. The summed E-state index contributed by atoms with van der Waals surface area (Å²) >= 11 is 0. The molecule has 0 spiro atoms. The monoisotopic (exact) mass is 295 g/mol. The number of hydrogen-bond donors (Lipinski definition) is 1. The molecule has 2 aromatic carbocycles. The highest BCUT2D eigenvalue weighted by molar-refractivity contribution is 6.05. The van der Waals surface area contributed by atoms with Crippen LogP contribution in [-0.2, 0) is 6.42 Å². The van der Waals surface area contributed by atoms with Crippen LogP contribution in [0.15, 0.2) is 55.1 Å². The number of nitrogens with one attached hydrogen (secondary N) is 1. The van der Waals surface area contributed by atoms with Gasteiger partial charge in [0.25, 0.3) is 5.91 Å². The lowest BCUT2D eigenvalue weighted by Gasteiger charge is -2.13. The minimum Gasteiger partial charge on any atom is -0.490 e. The highest BCUT2D eigenvalue weighted by Gasteiger charge is 2.10. The van der Waals surface area contributed by atoms with E-state index in [0.717, 1.165) is 29.0 Å². The van der Waals surface area contributed by atoms with E-state index in [9.17, 15) is 4.79 Å². The summed E-state index contributed by atoms with van der Waals surface area (Å²) in [7, 11) is 0. The molecule has 0 atom stereocenters. The number of amides is 1. The normalized spacial score (nSPS) is 10.1. The zero-order chi connectivity index (χ0) is 15.9. The third kappa shape index (κ3) is 3.76. The Kier molecular flexibility index (Phi) is 5.37. The fraction of sp³-hybridized carbons (Fsp3) is 0.211. The third-order valence-corrected chi connectivity index (χ3v) is 3.46. The molecule has 3 heteroatoms. The van der Waals surface area contributed by atoms with Crippen LogP contribution in [0, 0.1) is 6.92 Å². The number of hydrogen-bond acceptors (Lipinski definition) is 2. The van der Waals surface area contributed by atoms with Gasteiger partial charge in [0.1, 0.15) is 12.4 Å². The molecule has 1 N–H and O–H groups in total. The molecule has 0 bridgehead atoms. The lowest BCUT2D eigenvalue weighted by Crippen LogP contribution is -2.14. The van der Waals surface area contributed by atoms with Crippen molar-refractivity contribution in [3.8, 4) is 5.75 Å². The number of ether oxygens (including phenoxy) is 1. The summed E-state index contributed by atoms with van der Waals surface area (Å²) < 4.78 is 5.41. The van der Waals surface area contributed by atoms with E-state index >= 15 is 0 Å². The summed E-state index contributed by atoms with van der Waals surface area (Å²) in [5, 5.41) is 3.01. The number of anilines is 1. The van der Waals surface area contributed by atoms with E-state index < -0.39 is 0 Å². The van der Waals surface area contributed by atoms with Crippen molar-refractivity contribution in [2.45, 2.75) is 20.3 Å². The van der Waals surface area contributed by atoms with E-state index in [1.54, 1.807) is 30.3 Å². The molecule has 3 nitrogen and oxygen atoms in total. The van der Waals surface area contributed by atoms with Gasteiger partial charge in [-0.25, -0.2) is 0 Å². The summed E-state index contributed by atoms with van der Waals surface area (Å²) in [5.74, 6) is 0.612. The van der Waals surface area contributed by atoms with Crippen molar-refractivity contribution in [1.82, 2.24) is 0 Å². The van der Waals surface area contributed by atoms with Gasteiger partial charge < -0.3 is 10.1 Å². The molecule has 0 saturated carbocycles. The van der Waals surface area contributed by atoms with Gasteiger partial charge in [-0.2, -0.15) is 0 Å². The van der Waals surface area contributed by atoms with Crippen LogP contribution in [-0.4, -0.2) is 12.5 Å². The Hall–Kier alpha value is -2.55. The molecule has 0 fully saturated rings. The van der Waals surface area contributed by atoms with Gasteiger partial charge in [-0.05, 0) is 48.7 Å². The van der Waals surface area contributed by atoms with Gasteiger partial charge >= 0.3 is 0 Å². The van der Waals surface area contributed by atoms with E-state index in [4.69, 9.17) is 4.74 Å². The number of rotatable bonds is 6. The number of aryl methyl sites for hydroxylation is 2. The second kappa shape index (κ2) is 7.46. The quantitative estimate of drug-likeness (QED) is 0.803. The number of carbonyl (C=O) groups excluding carboxylic acids is 1. The Morgan fingerprint density at radius 2 is 1.95 bits per heavy atom. The first-order valence-electron chi connectivity index (χ1n) is 7.39. The second-order valence-corrected chi connectivity index (χ2v) is 5.04.